The molecule has 2 aliphatic heterocycles. The van der Waals surface area contributed by atoms with Gasteiger partial charge in [0.05, 0.1) is 6.42 Å². The smallest absolute Gasteiger partial charge is 0.350 e. The Bertz CT molecular complexity index is 1350. The zero-order valence-electron chi connectivity index (χ0n) is 18.6. The maximum absolute atomic E-state index is 14.0. The molecule has 1 saturated heterocycles. The van der Waals surface area contributed by atoms with Gasteiger partial charge in [-0.15, -0.1) is 0 Å². The number of fused-ring (bicyclic) bond motifs is 2. The number of nitrogens with one attached hydrogen (secondary N) is 3. The highest BCUT2D eigenvalue weighted by molar-refractivity contribution is 6.07. The number of likely N-dealkylation sites (tertiary alicyclic amines) is 1. The van der Waals surface area contributed by atoms with E-state index in [9.17, 15) is 18.8 Å². The van der Waals surface area contributed by atoms with E-state index in [1.165, 1.54) is 11.1 Å². The largest absolute Gasteiger partial charge is 0.355 e. The maximum atomic E-state index is 14.0. The fourth-order valence-corrected chi connectivity index (χ4v) is 4.86. The van der Waals surface area contributed by atoms with Crippen LogP contribution in [0.4, 0.5) is 10.1 Å². The minimum absolute atomic E-state index is 0.0332. The summed E-state index contributed by atoms with van der Waals surface area (Å²) in [7, 11) is 0. The monoisotopic (exact) mass is 473 g/mol. The summed E-state index contributed by atoms with van der Waals surface area (Å²) < 4.78 is 14.0. The Kier molecular flexibility index (Phi) is 5.53. The number of aromatic nitrogens is 2. The van der Waals surface area contributed by atoms with E-state index in [0.717, 1.165) is 11.6 Å². The number of halogens is 1. The Balaban J connectivity index is 1.46. The molecule has 1 unspecified atom stereocenters. The van der Waals surface area contributed by atoms with Gasteiger partial charge in [0, 0.05) is 36.7 Å². The van der Waals surface area contributed by atoms with Crippen molar-refractivity contribution in [3.8, 4) is 6.57 Å². The molecule has 35 heavy (non-hydrogen) atoms. The number of aromatic amines is 1. The van der Waals surface area contributed by atoms with Gasteiger partial charge in [-0.25, -0.2) is 4.39 Å². The summed E-state index contributed by atoms with van der Waals surface area (Å²) in [5, 5.41) is 5.49. The molecule has 9 nitrogen and oxygen atoms in total. The number of carbonyl (C=O) groups excluding carboxylic acids is 3. The highest BCUT2D eigenvalue weighted by Crippen LogP contribution is 2.46. The SMILES string of the molecule is C#[N+][C@@H]1C[C@@]2(CN1C(=O)C(Cc1ccccn1)NC(=O)c1[nH]ccc1F)C(=O)Nc1ccccc12. The van der Waals surface area contributed by atoms with Gasteiger partial charge in [0.2, 0.25) is 5.91 Å². The summed E-state index contributed by atoms with van der Waals surface area (Å²) in [6.45, 7) is 5.71. The van der Waals surface area contributed by atoms with E-state index in [-0.39, 0.29) is 31.0 Å². The van der Waals surface area contributed by atoms with Crippen LogP contribution in [0.15, 0.2) is 60.9 Å². The Labute approximate surface area is 200 Å². The maximum Gasteiger partial charge on any atom is 0.350 e. The summed E-state index contributed by atoms with van der Waals surface area (Å²) in [6, 6.07) is 12.5. The topological polar surface area (TPSA) is 112 Å². The lowest BCUT2D eigenvalue weighted by Gasteiger charge is -2.25. The first-order valence-electron chi connectivity index (χ1n) is 11.1. The number of hydrogen-bond donors (Lipinski definition) is 3. The molecular formula is C25H22FN6O3+. The lowest BCUT2D eigenvalue weighted by atomic mass is 9.80. The number of para-hydroxylation sites is 1. The second kappa shape index (κ2) is 8.68. The number of pyridine rings is 1. The summed E-state index contributed by atoms with van der Waals surface area (Å²) in [5.74, 6) is -2.24. The molecular weight excluding hydrogens is 451 g/mol. The highest BCUT2D eigenvalue weighted by atomic mass is 19.1. The number of benzene rings is 1. The molecule has 176 valence electrons. The van der Waals surface area contributed by atoms with E-state index in [2.05, 4.69) is 25.4 Å². The first kappa shape index (κ1) is 22.3. The number of hydrogen-bond acceptors (Lipinski definition) is 4. The van der Waals surface area contributed by atoms with Crippen LogP contribution in [0.3, 0.4) is 0 Å². The van der Waals surface area contributed by atoms with Gasteiger partial charge in [0.1, 0.15) is 17.2 Å². The van der Waals surface area contributed by atoms with Crippen LogP contribution in [0, 0.1) is 12.4 Å². The van der Waals surface area contributed by atoms with Crippen molar-refractivity contribution in [3.63, 3.8) is 0 Å². The van der Waals surface area contributed by atoms with Gasteiger partial charge in [0.25, 0.3) is 18.4 Å². The molecule has 1 fully saturated rings. The van der Waals surface area contributed by atoms with Crippen molar-refractivity contribution in [3.05, 3.63) is 88.5 Å². The van der Waals surface area contributed by atoms with E-state index < -0.39 is 35.3 Å². The Hall–Kier alpha value is -4.52. The predicted octanol–water partition coefficient (Wildman–Crippen LogP) is 2.30. The van der Waals surface area contributed by atoms with Crippen LogP contribution >= 0.6 is 0 Å². The molecule has 0 bridgehead atoms. The zero-order valence-corrected chi connectivity index (χ0v) is 18.6. The molecule has 3 atom stereocenters. The van der Waals surface area contributed by atoms with Crippen molar-refractivity contribution in [2.45, 2.75) is 30.5 Å². The summed E-state index contributed by atoms with van der Waals surface area (Å²) >= 11 is 0. The second-order valence-corrected chi connectivity index (χ2v) is 8.63. The van der Waals surface area contributed by atoms with Crippen molar-refractivity contribution in [2.75, 3.05) is 11.9 Å². The van der Waals surface area contributed by atoms with Gasteiger partial charge in [0.15, 0.2) is 5.82 Å². The van der Waals surface area contributed by atoms with Crippen molar-refractivity contribution in [2.24, 2.45) is 0 Å². The zero-order chi connectivity index (χ0) is 24.6. The molecule has 2 aliphatic rings. The molecule has 3 aromatic rings. The molecule has 5 rings (SSSR count). The third-order valence-corrected chi connectivity index (χ3v) is 6.58. The van der Waals surface area contributed by atoms with Gasteiger partial charge in [-0.1, -0.05) is 29.1 Å². The number of H-pyrrole nitrogens is 1. The van der Waals surface area contributed by atoms with Crippen LogP contribution in [0.2, 0.25) is 0 Å². The molecule has 0 aliphatic carbocycles. The normalized spacial score (nSPS) is 21.3. The summed E-state index contributed by atoms with van der Waals surface area (Å²) in [4.78, 5) is 51.7. The van der Waals surface area contributed by atoms with Crippen molar-refractivity contribution >= 4 is 23.4 Å². The minimum Gasteiger partial charge on any atom is -0.355 e. The van der Waals surface area contributed by atoms with Crippen LogP contribution in [0.1, 0.15) is 28.2 Å². The third-order valence-electron chi connectivity index (χ3n) is 6.58. The van der Waals surface area contributed by atoms with E-state index >= 15 is 0 Å². The average Bonchev–Trinajstić information content (AvgIpc) is 3.55. The van der Waals surface area contributed by atoms with Gasteiger partial charge in [-0.3, -0.25) is 24.3 Å². The lowest BCUT2D eigenvalue weighted by molar-refractivity contribution is -0.133. The number of nitrogens with zero attached hydrogens (tertiary/aromatic N) is 3. The molecule has 0 saturated carbocycles. The van der Waals surface area contributed by atoms with Gasteiger partial charge < -0.3 is 15.6 Å². The van der Waals surface area contributed by atoms with Crippen LogP contribution in [0.5, 0.6) is 0 Å². The van der Waals surface area contributed by atoms with Gasteiger partial charge in [-0.2, -0.15) is 0 Å². The van der Waals surface area contributed by atoms with E-state index in [1.807, 2.05) is 18.2 Å². The molecule has 0 radical (unpaired) electrons. The van der Waals surface area contributed by atoms with E-state index in [4.69, 9.17) is 6.57 Å². The summed E-state index contributed by atoms with van der Waals surface area (Å²) in [5.41, 5.74) is 0.712. The van der Waals surface area contributed by atoms with Crippen molar-refractivity contribution < 1.29 is 18.8 Å². The molecule has 3 amide bonds. The molecule has 10 heteroatoms. The van der Waals surface area contributed by atoms with Crippen LogP contribution in [-0.2, 0) is 21.4 Å². The molecule has 2 aromatic heterocycles. The number of rotatable bonds is 5. The molecule has 1 aromatic carbocycles. The highest BCUT2D eigenvalue weighted by Gasteiger charge is 2.60. The Morgan fingerprint density at radius 1 is 1.26 bits per heavy atom. The van der Waals surface area contributed by atoms with E-state index in [1.54, 1.807) is 30.5 Å². The van der Waals surface area contributed by atoms with Crippen LogP contribution in [-0.4, -0.2) is 51.3 Å². The summed E-state index contributed by atoms with van der Waals surface area (Å²) in [6.07, 6.45) is 2.34. The van der Waals surface area contributed by atoms with E-state index in [0.29, 0.717) is 11.4 Å². The average molecular weight is 473 g/mol. The lowest BCUT2D eigenvalue weighted by Crippen LogP contribution is -2.51. The molecule has 3 N–H and O–H groups in total. The van der Waals surface area contributed by atoms with Crippen molar-refractivity contribution in [1.82, 2.24) is 20.2 Å². The Morgan fingerprint density at radius 3 is 2.77 bits per heavy atom. The number of amides is 3. The van der Waals surface area contributed by atoms with Crippen LogP contribution < -0.4 is 10.6 Å². The quantitative estimate of drug-likeness (QED) is 0.528. The number of anilines is 1. The fourth-order valence-electron chi connectivity index (χ4n) is 4.86. The minimum atomic E-state index is -1.10. The Morgan fingerprint density at radius 2 is 2.06 bits per heavy atom. The third kappa shape index (κ3) is 3.81. The van der Waals surface area contributed by atoms with Crippen LogP contribution in [0.25, 0.3) is 4.85 Å². The molecule has 4 heterocycles. The van der Waals surface area contributed by atoms with Gasteiger partial charge in [-0.05, 0) is 29.8 Å². The van der Waals surface area contributed by atoms with Crippen molar-refractivity contribution in [1.29, 1.82) is 0 Å². The standard InChI is InChI=1S/C25H21FN6O3/c1-27-20-13-25(16-7-2-3-8-18(16)31-24(25)35)14-32(20)23(34)19(12-15-6-4-5-10-28-15)30-22(33)21-17(26)9-11-29-21/h1-11,19-20H,12-14H2,(H2-,29,30,31,33,35)/p+1/t19?,20-,25-/m0/s1. The first-order valence-corrected chi connectivity index (χ1v) is 11.1. The first-order chi connectivity index (χ1) is 16.9. The number of carbonyl (C=O) groups is 3. The molecule has 1 spiro atoms. The fraction of sp³-hybridized carbons (Fsp3) is 0.240. The van der Waals surface area contributed by atoms with Gasteiger partial charge >= 0.3 is 6.17 Å². The predicted molar refractivity (Wildman–Crippen MR) is 125 cm³/mol. The second-order valence-electron chi connectivity index (χ2n) is 8.63.